The summed E-state index contributed by atoms with van der Waals surface area (Å²) in [6, 6.07) is 7.03. The molecule has 3 amide bonds. The predicted octanol–water partition coefficient (Wildman–Crippen LogP) is -0.182. The Labute approximate surface area is 163 Å². The molecule has 2 aliphatic rings. The largest absolute Gasteiger partial charge is 0.484 e. The lowest BCUT2D eigenvalue weighted by Crippen LogP contribution is -2.71. The lowest BCUT2D eigenvalue weighted by atomic mass is 9.96. The second-order valence-electron chi connectivity index (χ2n) is 5.96. The summed E-state index contributed by atoms with van der Waals surface area (Å²) in [5, 5.41) is 11.9. The molecular formula is C16H15Cl2N3O6. The van der Waals surface area contributed by atoms with Gasteiger partial charge in [-0.05, 0) is 12.1 Å². The molecule has 2 unspecified atom stereocenters. The monoisotopic (exact) mass is 415 g/mol. The van der Waals surface area contributed by atoms with E-state index in [0.717, 1.165) is 9.80 Å². The van der Waals surface area contributed by atoms with Crippen molar-refractivity contribution in [2.45, 2.75) is 23.1 Å². The van der Waals surface area contributed by atoms with Gasteiger partial charge in [0.1, 0.15) is 11.8 Å². The van der Waals surface area contributed by atoms with E-state index in [9.17, 15) is 24.3 Å². The van der Waals surface area contributed by atoms with E-state index in [0.29, 0.717) is 5.75 Å². The molecular weight excluding hydrogens is 401 g/mol. The number of carboxylic acid groups (broad SMARTS) is 1. The van der Waals surface area contributed by atoms with Crippen LogP contribution < -0.4 is 10.1 Å². The zero-order valence-corrected chi connectivity index (χ0v) is 15.3. The van der Waals surface area contributed by atoms with Crippen molar-refractivity contribution < 1.29 is 29.0 Å². The summed E-state index contributed by atoms with van der Waals surface area (Å²) in [4.78, 5) is 48.4. The number of nitrogens with one attached hydrogen (secondary N) is 1. The topological polar surface area (TPSA) is 116 Å². The van der Waals surface area contributed by atoms with Crippen LogP contribution in [-0.4, -0.2) is 74.8 Å². The highest BCUT2D eigenvalue weighted by Crippen LogP contribution is 2.33. The number of amides is 3. The molecule has 2 saturated heterocycles. The highest BCUT2D eigenvalue weighted by molar-refractivity contribution is 6.53. The number of rotatable bonds is 6. The van der Waals surface area contributed by atoms with E-state index in [-0.39, 0.29) is 13.2 Å². The molecule has 0 radical (unpaired) electrons. The van der Waals surface area contributed by atoms with Crippen molar-refractivity contribution in [3.05, 3.63) is 30.3 Å². The minimum Gasteiger partial charge on any atom is -0.484 e. The first-order valence-electron chi connectivity index (χ1n) is 7.92. The fourth-order valence-corrected chi connectivity index (χ4v) is 3.39. The normalized spacial score (nSPS) is 23.7. The molecule has 144 valence electrons. The van der Waals surface area contributed by atoms with Gasteiger partial charge in [-0.1, -0.05) is 41.4 Å². The zero-order chi connectivity index (χ0) is 19.7. The quantitative estimate of drug-likeness (QED) is 0.491. The van der Waals surface area contributed by atoms with Gasteiger partial charge in [0.2, 0.25) is 12.1 Å². The molecule has 1 aromatic rings. The van der Waals surface area contributed by atoms with Gasteiger partial charge < -0.3 is 25.0 Å². The van der Waals surface area contributed by atoms with Crippen molar-refractivity contribution in [2.24, 2.45) is 0 Å². The van der Waals surface area contributed by atoms with Gasteiger partial charge in [0, 0.05) is 6.54 Å². The van der Waals surface area contributed by atoms with Gasteiger partial charge in [-0.25, -0.2) is 4.79 Å². The Kier molecular flexibility index (Phi) is 5.43. The Hall–Kier alpha value is -2.52. The molecule has 9 nitrogen and oxygen atoms in total. The maximum absolute atomic E-state index is 12.3. The Morgan fingerprint density at radius 1 is 1.26 bits per heavy atom. The lowest BCUT2D eigenvalue weighted by Gasteiger charge is -2.43. The highest BCUT2D eigenvalue weighted by atomic mass is 35.5. The van der Waals surface area contributed by atoms with Crippen molar-refractivity contribution in [1.29, 1.82) is 0 Å². The lowest BCUT2D eigenvalue weighted by molar-refractivity contribution is -0.166. The van der Waals surface area contributed by atoms with Crippen molar-refractivity contribution in [3.8, 4) is 5.75 Å². The van der Waals surface area contributed by atoms with Gasteiger partial charge in [0.15, 0.2) is 11.4 Å². The number of carbonyl (C=O) groups excluding carboxylic acids is 3. The number of ether oxygens (including phenoxy) is 1. The summed E-state index contributed by atoms with van der Waals surface area (Å²) < 4.78 is 5.30. The van der Waals surface area contributed by atoms with Crippen LogP contribution in [0.1, 0.15) is 0 Å². The summed E-state index contributed by atoms with van der Waals surface area (Å²) >= 11 is 11.1. The third-order valence-corrected chi connectivity index (χ3v) is 4.70. The summed E-state index contributed by atoms with van der Waals surface area (Å²) in [6.45, 7) is -0.404. The highest BCUT2D eigenvalue weighted by Gasteiger charge is 2.61. The first-order chi connectivity index (χ1) is 12.8. The molecule has 2 fully saturated rings. The predicted molar refractivity (Wildman–Crippen MR) is 93.1 cm³/mol. The van der Waals surface area contributed by atoms with E-state index in [2.05, 4.69) is 5.32 Å². The number of benzene rings is 1. The molecule has 0 aliphatic carbocycles. The number of alkyl halides is 2. The number of nitrogens with zero attached hydrogens (tertiary/aromatic N) is 2. The smallest absolute Gasteiger partial charge is 0.347 e. The molecule has 2 N–H and O–H groups in total. The molecule has 2 aliphatic heterocycles. The van der Waals surface area contributed by atoms with Crippen LogP contribution in [0.15, 0.2) is 30.3 Å². The first kappa shape index (κ1) is 19.2. The molecule has 0 aromatic heterocycles. The third-order valence-electron chi connectivity index (χ3n) is 4.33. The van der Waals surface area contributed by atoms with E-state index in [1.165, 1.54) is 0 Å². The van der Waals surface area contributed by atoms with Crippen molar-refractivity contribution >= 4 is 46.9 Å². The Morgan fingerprint density at radius 2 is 1.93 bits per heavy atom. The van der Waals surface area contributed by atoms with E-state index >= 15 is 0 Å². The van der Waals surface area contributed by atoms with Crippen LogP contribution in [0.5, 0.6) is 5.75 Å². The number of halogens is 2. The molecule has 27 heavy (non-hydrogen) atoms. The number of carbonyl (C=O) groups is 4. The summed E-state index contributed by atoms with van der Waals surface area (Å²) in [6.07, 6.45) is -1.50. The molecule has 0 bridgehead atoms. The number of β-lactam (4-membered cyclic amide) rings is 1. The summed E-state index contributed by atoms with van der Waals surface area (Å²) in [5.74, 6) is -2.85. The van der Waals surface area contributed by atoms with Gasteiger partial charge in [0.05, 0.1) is 6.04 Å². The van der Waals surface area contributed by atoms with E-state index in [4.69, 9.17) is 27.9 Å². The second kappa shape index (κ2) is 7.61. The number of hydrogen-bond donors (Lipinski definition) is 2. The van der Waals surface area contributed by atoms with Crippen molar-refractivity contribution in [1.82, 2.24) is 15.1 Å². The number of hydrogen-bond acceptors (Lipinski definition) is 5. The summed E-state index contributed by atoms with van der Waals surface area (Å²) in [7, 11) is 0. The van der Waals surface area contributed by atoms with Crippen LogP contribution >= 0.6 is 23.2 Å². The second-order valence-corrected chi connectivity index (χ2v) is 7.06. The van der Waals surface area contributed by atoms with Gasteiger partial charge in [-0.2, -0.15) is 0 Å². The number of carboxylic acids is 1. The Balaban J connectivity index is 1.63. The maximum atomic E-state index is 12.3. The minimum absolute atomic E-state index is 0.0953. The molecule has 1 aromatic carbocycles. The van der Waals surface area contributed by atoms with E-state index in [1.807, 2.05) is 0 Å². The van der Waals surface area contributed by atoms with Crippen LogP contribution in [0, 0.1) is 0 Å². The van der Waals surface area contributed by atoms with Crippen molar-refractivity contribution in [2.75, 3.05) is 13.2 Å². The van der Waals surface area contributed by atoms with Crippen LogP contribution in [-0.2, 0) is 19.2 Å². The molecule has 3 rings (SSSR count). The fraction of sp³-hybridized carbons (Fsp3) is 0.375. The fourth-order valence-electron chi connectivity index (χ4n) is 3.14. The standard InChI is InChI=1S/C16H15Cl2N3O6/c17-12(18)15(24)20-6-9-11(14(23)21(9)13(20)16(25)26)19-10(22)7-27-8-4-2-1-3-5-8/h1-5,9,11-13H,6-7H2,(H,19,22)(H,25,26)/t9?,11-,13?/m0/s1. The van der Waals surface area contributed by atoms with Gasteiger partial charge in [0.25, 0.3) is 11.8 Å². The van der Waals surface area contributed by atoms with Crippen molar-refractivity contribution in [3.63, 3.8) is 0 Å². The van der Waals surface area contributed by atoms with Gasteiger partial charge >= 0.3 is 5.97 Å². The van der Waals surface area contributed by atoms with Gasteiger partial charge in [-0.3, -0.25) is 14.4 Å². The summed E-state index contributed by atoms with van der Waals surface area (Å²) in [5.41, 5.74) is 0. The zero-order valence-electron chi connectivity index (χ0n) is 13.7. The molecule has 11 heteroatoms. The van der Waals surface area contributed by atoms with E-state index < -0.39 is 46.8 Å². The Morgan fingerprint density at radius 3 is 2.52 bits per heavy atom. The van der Waals surface area contributed by atoms with Crippen LogP contribution in [0.2, 0.25) is 0 Å². The minimum atomic E-state index is -1.50. The molecule has 0 spiro atoms. The number of fused-ring (bicyclic) bond motifs is 1. The molecule has 3 atom stereocenters. The molecule has 0 saturated carbocycles. The van der Waals surface area contributed by atoms with Crippen LogP contribution in [0.3, 0.4) is 0 Å². The van der Waals surface area contributed by atoms with Gasteiger partial charge in [-0.15, -0.1) is 0 Å². The van der Waals surface area contributed by atoms with Crippen LogP contribution in [0.4, 0.5) is 0 Å². The van der Waals surface area contributed by atoms with Crippen LogP contribution in [0.25, 0.3) is 0 Å². The average Bonchev–Trinajstić information content (AvgIpc) is 3.01. The maximum Gasteiger partial charge on any atom is 0.347 e. The third kappa shape index (κ3) is 3.65. The number of para-hydroxylation sites is 1. The first-order valence-corrected chi connectivity index (χ1v) is 8.79. The average molecular weight is 416 g/mol. The Bertz CT molecular complexity index is 775. The number of aliphatic carboxylic acids is 1. The SMILES string of the molecule is O=C(COc1ccccc1)N[C@@H]1C(=O)N2C1CN(C(=O)C(Cl)Cl)C2C(=O)O. The van der Waals surface area contributed by atoms with E-state index in [1.54, 1.807) is 30.3 Å². The molecule has 2 heterocycles.